The molecule has 0 unspecified atom stereocenters. The smallest absolute Gasteiger partial charge is 0.268 e. The van der Waals surface area contributed by atoms with Gasteiger partial charge in [-0.05, 0) is 18.8 Å². The van der Waals surface area contributed by atoms with Crippen molar-refractivity contribution in [2.24, 2.45) is 13.0 Å². The summed E-state index contributed by atoms with van der Waals surface area (Å²) in [5.74, 6) is -0.387. The molecular weight excluding hydrogens is 332 g/mol. The van der Waals surface area contributed by atoms with Gasteiger partial charge >= 0.3 is 0 Å². The summed E-state index contributed by atoms with van der Waals surface area (Å²) in [5, 5.41) is 5.54. The first kappa shape index (κ1) is 17.2. The Labute approximate surface area is 134 Å². The van der Waals surface area contributed by atoms with Gasteiger partial charge < -0.3 is 4.84 Å². The minimum Gasteiger partial charge on any atom is -0.302 e. The van der Waals surface area contributed by atoms with Gasteiger partial charge in [0.05, 0.1) is 13.3 Å². The fourth-order valence-corrected chi connectivity index (χ4v) is 3.82. The van der Waals surface area contributed by atoms with Crippen LogP contribution in [0.5, 0.6) is 0 Å². The van der Waals surface area contributed by atoms with Crippen LogP contribution in [0.1, 0.15) is 19.3 Å². The van der Waals surface area contributed by atoms with Crippen LogP contribution in [0.25, 0.3) is 0 Å². The van der Waals surface area contributed by atoms with Crippen LogP contribution in [0.3, 0.4) is 0 Å². The number of rotatable bonds is 5. The third-order valence-corrected chi connectivity index (χ3v) is 5.61. The number of carbonyl (C=O) groups is 1. The van der Waals surface area contributed by atoms with Crippen molar-refractivity contribution in [1.82, 2.24) is 19.6 Å². The predicted molar refractivity (Wildman–Crippen MR) is 79.5 cm³/mol. The summed E-state index contributed by atoms with van der Waals surface area (Å²) in [6, 6.07) is 0. The van der Waals surface area contributed by atoms with E-state index in [1.807, 2.05) is 9.79 Å². The Morgan fingerprint density at radius 2 is 2.14 bits per heavy atom. The molecule has 0 aliphatic carbocycles. The van der Waals surface area contributed by atoms with Crippen LogP contribution in [-0.2, 0) is 26.7 Å². The molecule has 8 nitrogen and oxygen atoms in total. The summed E-state index contributed by atoms with van der Waals surface area (Å²) in [7, 11) is -0.857. The van der Waals surface area contributed by atoms with Gasteiger partial charge in [-0.25, -0.2) is 13.1 Å². The lowest BCUT2D eigenvalue weighted by Gasteiger charge is -2.29. The van der Waals surface area contributed by atoms with Gasteiger partial charge in [-0.2, -0.15) is 10.2 Å². The number of nitrogens with one attached hydrogen (secondary N) is 1. The number of hydroxylamine groups is 2. The summed E-state index contributed by atoms with van der Waals surface area (Å²) in [6.45, 7) is 1.46. The van der Waals surface area contributed by atoms with Gasteiger partial charge in [0, 0.05) is 26.6 Å². The van der Waals surface area contributed by atoms with Gasteiger partial charge in [-0.15, -0.1) is 0 Å². The minimum absolute atomic E-state index is 0.0336. The average Bonchev–Trinajstić information content (AvgIpc) is 2.80. The van der Waals surface area contributed by atoms with E-state index in [9.17, 15) is 13.2 Å². The second-order valence-electron chi connectivity index (χ2n) is 5.21. The highest BCUT2D eigenvalue weighted by atomic mass is 35.5. The van der Waals surface area contributed by atoms with Crippen molar-refractivity contribution in [2.75, 3.05) is 20.2 Å². The van der Waals surface area contributed by atoms with Crippen molar-refractivity contribution in [3.63, 3.8) is 0 Å². The van der Waals surface area contributed by atoms with Crippen LogP contribution in [0, 0.1) is 5.92 Å². The Hall–Kier alpha value is -1.16. The lowest BCUT2D eigenvalue weighted by Crippen LogP contribution is -2.36. The molecule has 22 heavy (non-hydrogen) atoms. The molecule has 0 aromatic carbocycles. The Bertz CT molecular complexity index is 638. The Morgan fingerprint density at radius 1 is 1.50 bits per heavy atom. The first-order valence-corrected chi connectivity index (χ1v) is 8.72. The molecule has 0 spiro atoms. The number of aromatic nitrogens is 2. The van der Waals surface area contributed by atoms with E-state index in [4.69, 9.17) is 16.4 Å². The van der Waals surface area contributed by atoms with E-state index < -0.39 is 15.9 Å². The number of piperidine rings is 1. The third-order valence-electron chi connectivity index (χ3n) is 3.68. The predicted octanol–water partition coefficient (Wildman–Crippen LogP) is 0.542. The summed E-state index contributed by atoms with van der Waals surface area (Å²) in [4.78, 5) is 16.9. The first-order chi connectivity index (χ1) is 10.3. The zero-order valence-corrected chi connectivity index (χ0v) is 14.0. The molecule has 0 atom stereocenters. The van der Waals surface area contributed by atoms with Gasteiger partial charge in [0.25, 0.3) is 10.0 Å². The van der Waals surface area contributed by atoms with E-state index in [0.29, 0.717) is 0 Å². The average molecular weight is 351 g/mol. The molecule has 2 rings (SSSR count). The van der Waals surface area contributed by atoms with Crippen LogP contribution in [-0.4, -0.2) is 49.4 Å². The van der Waals surface area contributed by atoms with E-state index in [1.54, 1.807) is 7.11 Å². The maximum Gasteiger partial charge on any atom is 0.268 e. The Kier molecular flexibility index (Phi) is 5.43. The largest absolute Gasteiger partial charge is 0.302 e. The first-order valence-electron chi connectivity index (χ1n) is 6.85. The highest BCUT2D eigenvalue weighted by Gasteiger charge is 2.26. The highest BCUT2D eigenvalue weighted by Crippen LogP contribution is 2.22. The second-order valence-corrected chi connectivity index (χ2v) is 7.22. The van der Waals surface area contributed by atoms with Gasteiger partial charge in [-0.1, -0.05) is 11.6 Å². The number of hydrogen-bond acceptors (Lipinski definition) is 6. The lowest BCUT2D eigenvalue weighted by atomic mass is 9.94. The Balaban J connectivity index is 1.93. The maximum absolute atomic E-state index is 12.1. The van der Waals surface area contributed by atoms with Crippen molar-refractivity contribution in [3.8, 4) is 0 Å². The summed E-state index contributed by atoms with van der Waals surface area (Å²) in [5.41, 5.74) is 0. The summed E-state index contributed by atoms with van der Waals surface area (Å²) < 4.78 is 27.5. The van der Waals surface area contributed by atoms with Gasteiger partial charge in [0.2, 0.25) is 5.91 Å². The molecule has 0 radical (unpaired) electrons. The topological polar surface area (TPSA) is 93.5 Å². The molecule has 1 fully saturated rings. The number of sulfonamides is 1. The number of amides is 1. The molecule has 1 aromatic heterocycles. The zero-order valence-electron chi connectivity index (χ0n) is 12.5. The highest BCUT2D eigenvalue weighted by molar-refractivity contribution is 7.90. The van der Waals surface area contributed by atoms with Gasteiger partial charge in [0.15, 0.2) is 0 Å². The van der Waals surface area contributed by atoms with Gasteiger partial charge in [-0.3, -0.25) is 9.48 Å². The van der Waals surface area contributed by atoms with Crippen molar-refractivity contribution in [2.45, 2.75) is 24.2 Å². The molecule has 1 aromatic rings. The van der Waals surface area contributed by atoms with Crippen molar-refractivity contribution in [3.05, 3.63) is 11.3 Å². The lowest BCUT2D eigenvalue weighted by molar-refractivity contribution is -0.149. The van der Waals surface area contributed by atoms with E-state index in [1.165, 1.54) is 11.7 Å². The van der Waals surface area contributed by atoms with Crippen LogP contribution >= 0.6 is 11.6 Å². The normalized spacial score (nSPS) is 17.6. The third kappa shape index (κ3) is 3.97. The zero-order chi connectivity index (χ0) is 16.3. The van der Waals surface area contributed by atoms with E-state index >= 15 is 0 Å². The second kappa shape index (κ2) is 6.95. The molecule has 1 N–H and O–H groups in total. The monoisotopic (exact) mass is 350 g/mol. The number of nitrogens with zero attached hydrogens (tertiary/aromatic N) is 3. The molecule has 0 saturated carbocycles. The molecule has 2 heterocycles. The van der Waals surface area contributed by atoms with Crippen molar-refractivity contribution in [1.29, 1.82) is 0 Å². The Morgan fingerprint density at radius 3 is 2.64 bits per heavy atom. The molecule has 124 valence electrons. The van der Waals surface area contributed by atoms with Crippen LogP contribution in [0.4, 0.5) is 0 Å². The number of aryl methyl sites for hydroxylation is 1. The van der Waals surface area contributed by atoms with E-state index in [-0.39, 0.29) is 22.4 Å². The van der Waals surface area contributed by atoms with Crippen LogP contribution < -0.4 is 4.72 Å². The molecule has 1 aliphatic rings. The number of carbonyl (C=O) groups excluding carboxylic acids is 1. The number of halogens is 1. The maximum atomic E-state index is 12.1. The van der Waals surface area contributed by atoms with Crippen molar-refractivity contribution < 1.29 is 18.0 Å². The SMILES string of the molecule is CON1CCC(CC(=O)NS(=O)(=O)c2cnn(C)c2Cl)CC1. The summed E-state index contributed by atoms with van der Waals surface area (Å²) >= 11 is 5.85. The van der Waals surface area contributed by atoms with Gasteiger partial charge in [0.1, 0.15) is 10.0 Å². The summed E-state index contributed by atoms with van der Waals surface area (Å²) in [6.07, 6.45) is 2.85. The fourth-order valence-electron chi connectivity index (χ4n) is 2.39. The molecule has 1 saturated heterocycles. The fraction of sp³-hybridized carbons (Fsp3) is 0.667. The van der Waals surface area contributed by atoms with Crippen LogP contribution in [0.15, 0.2) is 11.1 Å². The quantitative estimate of drug-likeness (QED) is 0.833. The minimum atomic E-state index is -3.99. The van der Waals surface area contributed by atoms with E-state index in [0.717, 1.165) is 32.1 Å². The van der Waals surface area contributed by atoms with Crippen LogP contribution in [0.2, 0.25) is 5.15 Å². The van der Waals surface area contributed by atoms with E-state index in [2.05, 4.69) is 5.10 Å². The molecular formula is C12H19ClN4O4S. The standard InChI is InChI=1S/C12H19ClN4O4S/c1-16-12(13)10(8-14-16)22(19,20)15-11(18)7-9-3-5-17(21-2)6-4-9/h8-9H,3-7H2,1-2H3,(H,15,18). The molecule has 0 bridgehead atoms. The molecule has 1 aliphatic heterocycles. The molecule has 1 amide bonds. The number of hydrogen-bond donors (Lipinski definition) is 1. The molecule has 10 heteroatoms. The van der Waals surface area contributed by atoms with Crippen molar-refractivity contribution >= 4 is 27.5 Å².